The van der Waals surface area contributed by atoms with Crippen LogP contribution in [0.4, 0.5) is 0 Å². The number of hydrogen-bond donors (Lipinski definition) is 0. The Kier molecular flexibility index (Phi) is 2.12. The van der Waals surface area contributed by atoms with Crippen molar-refractivity contribution in [2.75, 3.05) is 0 Å². The highest BCUT2D eigenvalue weighted by Gasteiger charge is 2.09. The topological polar surface area (TPSA) is 17.8 Å². The standard InChI is InChI=1S/C12H14N2/c1-4-5-11-9(2)10-8-13-7-6-12(10)14(11)3/h4,6-8H,1,5H2,2-3H3. The van der Waals surface area contributed by atoms with Crippen LogP contribution in [-0.4, -0.2) is 9.55 Å². The van der Waals surface area contributed by atoms with Gasteiger partial charge in [0.1, 0.15) is 0 Å². The number of allylic oxidation sites excluding steroid dienone is 1. The van der Waals surface area contributed by atoms with Gasteiger partial charge in [0.25, 0.3) is 0 Å². The molecule has 0 N–H and O–H groups in total. The molecule has 0 aliphatic rings. The van der Waals surface area contributed by atoms with Gasteiger partial charge in [0.2, 0.25) is 0 Å². The lowest BCUT2D eigenvalue weighted by Gasteiger charge is -2.01. The summed E-state index contributed by atoms with van der Waals surface area (Å²) < 4.78 is 2.22. The fraction of sp³-hybridized carbons (Fsp3) is 0.250. The van der Waals surface area contributed by atoms with Gasteiger partial charge in [0.05, 0.1) is 5.52 Å². The molecule has 2 aromatic heterocycles. The summed E-state index contributed by atoms with van der Waals surface area (Å²) in [6, 6.07) is 2.05. The summed E-state index contributed by atoms with van der Waals surface area (Å²) in [5.74, 6) is 0. The van der Waals surface area contributed by atoms with E-state index < -0.39 is 0 Å². The molecule has 0 aliphatic carbocycles. The van der Waals surface area contributed by atoms with Gasteiger partial charge >= 0.3 is 0 Å². The average molecular weight is 186 g/mol. The Bertz CT molecular complexity index is 441. The molecule has 72 valence electrons. The Morgan fingerprint density at radius 3 is 3.00 bits per heavy atom. The van der Waals surface area contributed by atoms with E-state index in [0.29, 0.717) is 0 Å². The zero-order valence-electron chi connectivity index (χ0n) is 8.62. The van der Waals surface area contributed by atoms with Crippen LogP contribution in [0.15, 0.2) is 31.1 Å². The van der Waals surface area contributed by atoms with Crippen molar-refractivity contribution in [2.45, 2.75) is 13.3 Å². The van der Waals surface area contributed by atoms with Gasteiger partial charge in [0.15, 0.2) is 0 Å². The van der Waals surface area contributed by atoms with Crippen molar-refractivity contribution in [1.82, 2.24) is 9.55 Å². The smallest absolute Gasteiger partial charge is 0.0513 e. The molecule has 0 amide bonds. The molecule has 0 unspecified atom stereocenters. The average Bonchev–Trinajstić information content (AvgIpc) is 2.45. The highest BCUT2D eigenvalue weighted by molar-refractivity contribution is 5.84. The van der Waals surface area contributed by atoms with Gasteiger partial charge in [0, 0.05) is 36.9 Å². The maximum absolute atomic E-state index is 4.15. The minimum atomic E-state index is 0.914. The van der Waals surface area contributed by atoms with E-state index >= 15 is 0 Å². The molecule has 2 heteroatoms. The lowest BCUT2D eigenvalue weighted by Crippen LogP contribution is -1.95. The molecule has 0 aromatic carbocycles. The number of hydrogen-bond acceptors (Lipinski definition) is 1. The van der Waals surface area contributed by atoms with E-state index in [1.54, 1.807) is 0 Å². The molecule has 0 fully saturated rings. The second kappa shape index (κ2) is 3.29. The third-order valence-electron chi connectivity index (χ3n) is 2.74. The third-order valence-corrected chi connectivity index (χ3v) is 2.74. The van der Waals surface area contributed by atoms with Gasteiger partial charge in [-0.25, -0.2) is 0 Å². The SMILES string of the molecule is C=CCc1c(C)c2cnccc2n1C. The normalized spacial score (nSPS) is 10.7. The van der Waals surface area contributed by atoms with E-state index in [0.717, 1.165) is 6.42 Å². The molecule has 14 heavy (non-hydrogen) atoms. The lowest BCUT2D eigenvalue weighted by atomic mass is 10.1. The van der Waals surface area contributed by atoms with Crippen LogP contribution in [0.5, 0.6) is 0 Å². The maximum Gasteiger partial charge on any atom is 0.0513 e. The number of pyridine rings is 1. The Morgan fingerprint density at radius 2 is 2.36 bits per heavy atom. The summed E-state index contributed by atoms with van der Waals surface area (Å²) in [5.41, 5.74) is 3.88. The van der Waals surface area contributed by atoms with Gasteiger partial charge in [-0.15, -0.1) is 6.58 Å². The molecular formula is C12H14N2. The van der Waals surface area contributed by atoms with E-state index in [4.69, 9.17) is 0 Å². The second-order valence-corrected chi connectivity index (χ2v) is 3.52. The van der Waals surface area contributed by atoms with Crippen molar-refractivity contribution in [2.24, 2.45) is 7.05 Å². The van der Waals surface area contributed by atoms with Crippen molar-refractivity contribution in [3.8, 4) is 0 Å². The van der Waals surface area contributed by atoms with Gasteiger partial charge in [-0.05, 0) is 18.6 Å². The Balaban J connectivity index is 2.78. The number of fused-ring (bicyclic) bond motifs is 1. The summed E-state index contributed by atoms with van der Waals surface area (Å²) in [6.45, 7) is 5.92. The van der Waals surface area contributed by atoms with Crippen LogP contribution in [-0.2, 0) is 13.5 Å². The largest absolute Gasteiger partial charge is 0.347 e. The maximum atomic E-state index is 4.15. The lowest BCUT2D eigenvalue weighted by molar-refractivity contribution is 0.881. The quantitative estimate of drug-likeness (QED) is 0.659. The minimum absolute atomic E-state index is 0.914. The molecule has 0 saturated carbocycles. The summed E-state index contributed by atoms with van der Waals surface area (Å²) in [4.78, 5) is 4.15. The molecule has 0 spiro atoms. The second-order valence-electron chi connectivity index (χ2n) is 3.52. The Hall–Kier alpha value is -1.57. The van der Waals surface area contributed by atoms with Crippen molar-refractivity contribution in [3.63, 3.8) is 0 Å². The predicted molar refractivity (Wildman–Crippen MR) is 59.4 cm³/mol. The number of nitrogens with zero attached hydrogens (tertiary/aromatic N) is 2. The summed E-state index contributed by atoms with van der Waals surface area (Å²) in [5, 5.41) is 1.24. The van der Waals surface area contributed by atoms with Crippen LogP contribution < -0.4 is 0 Å². The fourth-order valence-electron chi connectivity index (χ4n) is 1.95. The first-order valence-electron chi connectivity index (χ1n) is 4.74. The minimum Gasteiger partial charge on any atom is -0.347 e. The third kappa shape index (κ3) is 1.15. The Morgan fingerprint density at radius 1 is 1.57 bits per heavy atom. The zero-order chi connectivity index (χ0) is 10.1. The molecule has 0 aliphatic heterocycles. The van der Waals surface area contributed by atoms with Crippen molar-refractivity contribution >= 4 is 10.9 Å². The van der Waals surface area contributed by atoms with Crippen molar-refractivity contribution in [3.05, 3.63) is 42.4 Å². The molecule has 0 radical (unpaired) electrons. The van der Waals surface area contributed by atoms with E-state index in [2.05, 4.69) is 36.2 Å². The first kappa shape index (κ1) is 9.00. The Labute approximate surface area is 83.9 Å². The summed E-state index contributed by atoms with van der Waals surface area (Å²) in [6.07, 6.45) is 6.61. The molecule has 2 nitrogen and oxygen atoms in total. The molecular weight excluding hydrogens is 172 g/mol. The molecule has 2 aromatic rings. The van der Waals surface area contributed by atoms with Crippen LogP contribution in [0.2, 0.25) is 0 Å². The summed E-state index contributed by atoms with van der Waals surface area (Å²) in [7, 11) is 2.09. The molecule has 0 bridgehead atoms. The predicted octanol–water partition coefficient (Wildman–Crippen LogP) is 2.61. The molecule has 2 rings (SSSR count). The van der Waals surface area contributed by atoms with E-state index in [1.165, 1.54) is 22.2 Å². The first-order chi connectivity index (χ1) is 6.75. The highest BCUT2D eigenvalue weighted by atomic mass is 15.0. The van der Waals surface area contributed by atoms with Crippen molar-refractivity contribution in [1.29, 1.82) is 0 Å². The van der Waals surface area contributed by atoms with Gasteiger partial charge in [-0.3, -0.25) is 4.98 Å². The summed E-state index contributed by atoms with van der Waals surface area (Å²) >= 11 is 0. The molecule has 0 saturated heterocycles. The highest BCUT2D eigenvalue weighted by Crippen LogP contribution is 2.23. The molecule has 0 atom stereocenters. The monoisotopic (exact) mass is 186 g/mol. The number of aromatic nitrogens is 2. The van der Waals surface area contributed by atoms with Gasteiger partial charge < -0.3 is 4.57 Å². The van der Waals surface area contributed by atoms with Crippen LogP contribution in [0.1, 0.15) is 11.3 Å². The number of aryl methyl sites for hydroxylation is 2. The zero-order valence-corrected chi connectivity index (χ0v) is 8.62. The van der Waals surface area contributed by atoms with E-state index in [-0.39, 0.29) is 0 Å². The van der Waals surface area contributed by atoms with Crippen LogP contribution >= 0.6 is 0 Å². The molecule has 2 heterocycles. The fourth-order valence-corrected chi connectivity index (χ4v) is 1.95. The van der Waals surface area contributed by atoms with Crippen LogP contribution in [0, 0.1) is 6.92 Å². The van der Waals surface area contributed by atoms with E-state index in [1.807, 2.05) is 18.5 Å². The number of rotatable bonds is 2. The van der Waals surface area contributed by atoms with Crippen molar-refractivity contribution < 1.29 is 0 Å². The van der Waals surface area contributed by atoms with E-state index in [9.17, 15) is 0 Å². The van der Waals surface area contributed by atoms with Crippen LogP contribution in [0.25, 0.3) is 10.9 Å². The van der Waals surface area contributed by atoms with Crippen LogP contribution in [0.3, 0.4) is 0 Å². The van der Waals surface area contributed by atoms with Gasteiger partial charge in [-0.1, -0.05) is 6.08 Å². The first-order valence-corrected chi connectivity index (χ1v) is 4.74. The van der Waals surface area contributed by atoms with Gasteiger partial charge in [-0.2, -0.15) is 0 Å².